The highest BCUT2D eigenvalue weighted by Gasteiger charge is 2.31. The standard InChI is InChI=1S/C18H26N2O4/c1-12-5-10-15(16(11-12)20(22)23)19-17(21)24-14-8-6-13(7-9-14)18(2,3)4/h5,10-11,13-14H,6-9H2,1-4H3,(H,19,21). The first-order valence-electron chi connectivity index (χ1n) is 8.39. The molecule has 132 valence electrons. The van der Waals surface area contributed by atoms with Crippen LogP contribution in [0.3, 0.4) is 0 Å². The first-order valence-corrected chi connectivity index (χ1v) is 8.39. The minimum atomic E-state index is -0.624. The van der Waals surface area contributed by atoms with E-state index in [0.717, 1.165) is 31.2 Å². The van der Waals surface area contributed by atoms with Crippen molar-refractivity contribution in [3.8, 4) is 0 Å². The Bertz CT molecular complexity index is 614. The fourth-order valence-electron chi connectivity index (χ4n) is 3.24. The van der Waals surface area contributed by atoms with Gasteiger partial charge in [-0.15, -0.1) is 0 Å². The molecule has 6 nitrogen and oxygen atoms in total. The SMILES string of the molecule is Cc1ccc(NC(=O)OC2CCC(C(C)(C)C)CC2)c([N+](=O)[O-])c1. The molecule has 1 aliphatic carbocycles. The fraction of sp³-hybridized carbons (Fsp3) is 0.611. The lowest BCUT2D eigenvalue weighted by molar-refractivity contribution is -0.384. The Kier molecular flexibility index (Phi) is 5.47. The third-order valence-electron chi connectivity index (χ3n) is 4.76. The Hall–Kier alpha value is -2.11. The van der Waals surface area contributed by atoms with Crippen LogP contribution in [-0.4, -0.2) is 17.1 Å². The molecule has 0 aliphatic heterocycles. The average Bonchev–Trinajstić information content (AvgIpc) is 2.48. The van der Waals surface area contributed by atoms with E-state index in [1.165, 1.54) is 12.1 Å². The number of nitro groups is 1. The van der Waals surface area contributed by atoms with Crippen LogP contribution < -0.4 is 5.32 Å². The largest absolute Gasteiger partial charge is 0.446 e. The molecule has 24 heavy (non-hydrogen) atoms. The van der Waals surface area contributed by atoms with Crippen molar-refractivity contribution in [1.82, 2.24) is 0 Å². The minimum Gasteiger partial charge on any atom is -0.446 e. The number of nitrogens with zero attached hydrogens (tertiary/aromatic N) is 1. The smallest absolute Gasteiger partial charge is 0.412 e. The third kappa shape index (κ3) is 4.69. The Morgan fingerprint density at radius 2 is 1.88 bits per heavy atom. The summed E-state index contributed by atoms with van der Waals surface area (Å²) in [5.41, 5.74) is 1.08. The summed E-state index contributed by atoms with van der Waals surface area (Å²) in [5.74, 6) is 0.638. The molecular formula is C18H26N2O4. The molecule has 1 aromatic rings. The highest BCUT2D eigenvalue weighted by atomic mass is 16.6. The number of anilines is 1. The maximum Gasteiger partial charge on any atom is 0.412 e. The molecule has 1 aromatic carbocycles. The first kappa shape index (κ1) is 18.2. The number of nitro benzene ring substituents is 1. The van der Waals surface area contributed by atoms with Gasteiger partial charge in [-0.25, -0.2) is 4.79 Å². The second-order valence-electron chi connectivity index (χ2n) is 7.65. The number of amides is 1. The van der Waals surface area contributed by atoms with Gasteiger partial charge in [0.15, 0.2) is 0 Å². The molecule has 2 rings (SSSR count). The van der Waals surface area contributed by atoms with Crippen LogP contribution in [0.15, 0.2) is 18.2 Å². The van der Waals surface area contributed by atoms with Crippen LogP contribution in [0.2, 0.25) is 0 Å². The lowest BCUT2D eigenvalue weighted by atomic mass is 9.72. The van der Waals surface area contributed by atoms with Gasteiger partial charge >= 0.3 is 6.09 Å². The van der Waals surface area contributed by atoms with Crippen molar-refractivity contribution in [2.24, 2.45) is 11.3 Å². The number of nitrogens with one attached hydrogen (secondary N) is 1. The van der Waals surface area contributed by atoms with Gasteiger partial charge in [0.25, 0.3) is 5.69 Å². The molecule has 1 amide bonds. The molecule has 1 N–H and O–H groups in total. The van der Waals surface area contributed by atoms with Crippen molar-refractivity contribution in [1.29, 1.82) is 0 Å². The van der Waals surface area contributed by atoms with Gasteiger partial charge in [-0.3, -0.25) is 15.4 Å². The maximum absolute atomic E-state index is 12.1. The number of ether oxygens (including phenoxy) is 1. The first-order chi connectivity index (χ1) is 11.2. The summed E-state index contributed by atoms with van der Waals surface area (Å²) >= 11 is 0. The van der Waals surface area contributed by atoms with E-state index in [9.17, 15) is 14.9 Å². The second kappa shape index (κ2) is 7.20. The summed E-state index contributed by atoms with van der Waals surface area (Å²) < 4.78 is 5.45. The minimum absolute atomic E-state index is 0.117. The van der Waals surface area contributed by atoms with Crippen molar-refractivity contribution < 1.29 is 14.5 Å². The normalized spacial score (nSPS) is 21.2. The van der Waals surface area contributed by atoms with Crippen molar-refractivity contribution in [3.63, 3.8) is 0 Å². The predicted octanol–water partition coefficient (Wildman–Crippen LogP) is 5.06. The highest BCUT2D eigenvalue weighted by Crippen LogP contribution is 2.38. The van der Waals surface area contributed by atoms with Gasteiger partial charge in [-0.1, -0.05) is 26.8 Å². The molecule has 1 fully saturated rings. The number of aryl methyl sites for hydroxylation is 1. The topological polar surface area (TPSA) is 81.5 Å². The number of rotatable bonds is 3. The molecule has 0 aromatic heterocycles. The molecular weight excluding hydrogens is 308 g/mol. The molecule has 0 atom stereocenters. The molecule has 0 spiro atoms. The number of carbonyl (C=O) groups excluding carboxylic acids is 1. The molecule has 0 bridgehead atoms. The highest BCUT2D eigenvalue weighted by molar-refractivity contribution is 5.88. The molecule has 0 radical (unpaired) electrons. The molecule has 1 aliphatic rings. The van der Waals surface area contributed by atoms with Gasteiger partial charge in [-0.05, 0) is 55.6 Å². The van der Waals surface area contributed by atoms with Gasteiger partial charge in [-0.2, -0.15) is 0 Å². The molecule has 0 unspecified atom stereocenters. The fourth-order valence-corrected chi connectivity index (χ4v) is 3.24. The Labute approximate surface area is 142 Å². The van der Waals surface area contributed by atoms with Crippen LogP contribution in [0, 0.1) is 28.4 Å². The van der Waals surface area contributed by atoms with Gasteiger partial charge in [0.1, 0.15) is 11.8 Å². The van der Waals surface area contributed by atoms with Gasteiger partial charge in [0, 0.05) is 6.07 Å². The van der Waals surface area contributed by atoms with Gasteiger partial charge < -0.3 is 4.74 Å². The summed E-state index contributed by atoms with van der Waals surface area (Å²) in [6.07, 6.45) is 3.00. The van der Waals surface area contributed by atoms with E-state index in [-0.39, 0.29) is 22.9 Å². The van der Waals surface area contributed by atoms with Crippen LogP contribution in [0.4, 0.5) is 16.2 Å². The van der Waals surface area contributed by atoms with Gasteiger partial charge in [0.2, 0.25) is 0 Å². The van der Waals surface area contributed by atoms with E-state index in [1.54, 1.807) is 13.0 Å². The van der Waals surface area contributed by atoms with Crippen LogP contribution >= 0.6 is 0 Å². The maximum atomic E-state index is 12.1. The Balaban J connectivity index is 1.92. The monoisotopic (exact) mass is 334 g/mol. The molecule has 0 heterocycles. The number of carbonyl (C=O) groups is 1. The van der Waals surface area contributed by atoms with Crippen molar-refractivity contribution in [2.75, 3.05) is 5.32 Å². The van der Waals surface area contributed by atoms with Gasteiger partial charge in [0.05, 0.1) is 4.92 Å². The number of benzene rings is 1. The van der Waals surface area contributed by atoms with Crippen molar-refractivity contribution >= 4 is 17.5 Å². The Morgan fingerprint density at radius 3 is 2.42 bits per heavy atom. The zero-order valence-electron chi connectivity index (χ0n) is 14.8. The number of hydrogen-bond acceptors (Lipinski definition) is 4. The molecule has 0 saturated heterocycles. The summed E-state index contributed by atoms with van der Waals surface area (Å²) in [4.78, 5) is 22.6. The third-order valence-corrected chi connectivity index (χ3v) is 4.76. The zero-order valence-corrected chi connectivity index (χ0v) is 14.8. The van der Waals surface area contributed by atoms with E-state index in [0.29, 0.717) is 5.92 Å². The van der Waals surface area contributed by atoms with Crippen molar-refractivity contribution in [3.05, 3.63) is 33.9 Å². The quantitative estimate of drug-likeness (QED) is 0.619. The molecule has 6 heteroatoms. The Morgan fingerprint density at radius 1 is 1.25 bits per heavy atom. The van der Waals surface area contributed by atoms with Crippen LogP contribution in [0.1, 0.15) is 52.0 Å². The van der Waals surface area contributed by atoms with E-state index in [2.05, 4.69) is 26.1 Å². The summed E-state index contributed by atoms with van der Waals surface area (Å²) in [6.45, 7) is 8.48. The second-order valence-corrected chi connectivity index (χ2v) is 7.65. The zero-order chi connectivity index (χ0) is 17.9. The summed E-state index contributed by atoms with van der Waals surface area (Å²) in [7, 11) is 0. The molecule has 1 saturated carbocycles. The lowest BCUT2D eigenvalue weighted by Crippen LogP contribution is -2.31. The van der Waals surface area contributed by atoms with Crippen LogP contribution in [0.5, 0.6) is 0 Å². The van der Waals surface area contributed by atoms with E-state index in [1.807, 2.05) is 0 Å². The van der Waals surface area contributed by atoms with E-state index < -0.39 is 11.0 Å². The predicted molar refractivity (Wildman–Crippen MR) is 93.1 cm³/mol. The summed E-state index contributed by atoms with van der Waals surface area (Å²) in [5, 5.41) is 13.6. The summed E-state index contributed by atoms with van der Waals surface area (Å²) in [6, 6.07) is 4.69. The lowest BCUT2D eigenvalue weighted by Gasteiger charge is -2.36. The number of hydrogen-bond donors (Lipinski definition) is 1. The average molecular weight is 334 g/mol. The van der Waals surface area contributed by atoms with Crippen LogP contribution in [0.25, 0.3) is 0 Å². The van der Waals surface area contributed by atoms with E-state index >= 15 is 0 Å². The van der Waals surface area contributed by atoms with Crippen LogP contribution in [-0.2, 0) is 4.74 Å². The van der Waals surface area contributed by atoms with E-state index in [4.69, 9.17) is 4.74 Å². The van der Waals surface area contributed by atoms with Crippen molar-refractivity contribution in [2.45, 2.75) is 59.5 Å².